The molecule has 0 aromatic heterocycles. The summed E-state index contributed by atoms with van der Waals surface area (Å²) in [4.78, 5) is 14.2. The predicted octanol–water partition coefficient (Wildman–Crippen LogP) is 3.68. The third kappa shape index (κ3) is 4.18. The molecule has 0 aliphatic carbocycles. The molecule has 1 N–H and O–H groups in total. The lowest BCUT2D eigenvalue weighted by Crippen LogP contribution is -2.39. The van der Waals surface area contributed by atoms with Crippen LogP contribution in [0.15, 0.2) is 18.2 Å². The fraction of sp³-hybridized carbons (Fsp3) is 0.533. The van der Waals surface area contributed by atoms with Crippen LogP contribution in [-0.4, -0.2) is 29.9 Å². The van der Waals surface area contributed by atoms with E-state index < -0.39 is 5.82 Å². The second-order valence-electron chi connectivity index (χ2n) is 5.30. The number of amides is 1. The molecule has 1 aliphatic heterocycles. The van der Waals surface area contributed by atoms with Crippen LogP contribution in [0.4, 0.5) is 10.1 Å². The van der Waals surface area contributed by atoms with Gasteiger partial charge in [-0.25, -0.2) is 4.39 Å². The predicted molar refractivity (Wildman–Crippen MR) is 79.5 cm³/mol. The molecular weight excluding hydrogens is 279 g/mol. The van der Waals surface area contributed by atoms with Gasteiger partial charge in [-0.3, -0.25) is 4.79 Å². The number of rotatable bonds is 4. The number of hydrogen-bond acceptors (Lipinski definition) is 2. The monoisotopic (exact) mass is 298 g/mol. The summed E-state index contributed by atoms with van der Waals surface area (Å²) in [5.74, 6) is -0.666. The zero-order valence-electron chi connectivity index (χ0n) is 11.7. The average molecular weight is 299 g/mol. The van der Waals surface area contributed by atoms with Gasteiger partial charge in [-0.1, -0.05) is 18.0 Å². The summed E-state index contributed by atoms with van der Waals surface area (Å²) < 4.78 is 13.6. The van der Waals surface area contributed by atoms with Gasteiger partial charge in [-0.15, -0.1) is 0 Å². The van der Waals surface area contributed by atoms with E-state index in [1.807, 2.05) is 0 Å². The summed E-state index contributed by atoms with van der Waals surface area (Å²) in [5, 5.41) is 2.91. The lowest BCUT2D eigenvalue weighted by atomic mass is 10.0. The summed E-state index contributed by atoms with van der Waals surface area (Å²) in [7, 11) is 0. The van der Waals surface area contributed by atoms with Gasteiger partial charge >= 0.3 is 0 Å². The van der Waals surface area contributed by atoms with E-state index in [9.17, 15) is 9.18 Å². The number of carbonyl (C=O) groups is 1. The molecule has 1 amide bonds. The largest absolute Gasteiger partial charge is 0.324 e. The van der Waals surface area contributed by atoms with Crippen LogP contribution in [0.1, 0.15) is 32.6 Å². The molecule has 0 radical (unpaired) electrons. The minimum absolute atomic E-state index is 0.163. The quantitative estimate of drug-likeness (QED) is 0.919. The SMILES string of the molecule is CC1CCCCN1CCC(=O)Nc1ccc(Cl)cc1F. The number of hydrogen-bond donors (Lipinski definition) is 1. The fourth-order valence-corrected chi connectivity index (χ4v) is 2.70. The van der Waals surface area contributed by atoms with Gasteiger partial charge in [0.1, 0.15) is 5.82 Å². The van der Waals surface area contributed by atoms with E-state index >= 15 is 0 Å². The maximum Gasteiger partial charge on any atom is 0.225 e. The van der Waals surface area contributed by atoms with E-state index in [0.29, 0.717) is 17.5 Å². The van der Waals surface area contributed by atoms with Gasteiger partial charge in [-0.2, -0.15) is 0 Å². The molecule has 1 atom stereocenters. The Labute approximate surface area is 124 Å². The third-order valence-corrected chi connectivity index (χ3v) is 4.01. The minimum atomic E-state index is -0.503. The van der Waals surface area contributed by atoms with Crippen LogP contribution in [-0.2, 0) is 4.79 Å². The summed E-state index contributed by atoms with van der Waals surface area (Å²) in [6, 6.07) is 4.78. The lowest BCUT2D eigenvalue weighted by Gasteiger charge is -2.33. The Kier molecular flexibility index (Phi) is 5.38. The molecule has 0 saturated carbocycles. The van der Waals surface area contributed by atoms with Gasteiger partial charge in [0.05, 0.1) is 5.69 Å². The van der Waals surface area contributed by atoms with Crippen molar-refractivity contribution in [1.29, 1.82) is 0 Å². The van der Waals surface area contributed by atoms with Crippen LogP contribution < -0.4 is 5.32 Å². The van der Waals surface area contributed by atoms with Crippen molar-refractivity contribution in [2.24, 2.45) is 0 Å². The molecule has 110 valence electrons. The lowest BCUT2D eigenvalue weighted by molar-refractivity contribution is -0.116. The smallest absolute Gasteiger partial charge is 0.225 e. The Hall–Kier alpha value is -1.13. The molecule has 1 saturated heterocycles. The van der Waals surface area contributed by atoms with Gasteiger partial charge in [0.2, 0.25) is 5.91 Å². The van der Waals surface area contributed by atoms with Crippen molar-refractivity contribution in [3.63, 3.8) is 0 Å². The summed E-state index contributed by atoms with van der Waals surface area (Å²) in [6.07, 6.45) is 4.03. The van der Waals surface area contributed by atoms with Crippen LogP contribution in [0, 0.1) is 5.82 Å². The van der Waals surface area contributed by atoms with Gasteiger partial charge in [0, 0.05) is 24.0 Å². The van der Waals surface area contributed by atoms with Crippen molar-refractivity contribution in [3.8, 4) is 0 Å². The van der Waals surface area contributed by atoms with Crippen LogP contribution in [0.3, 0.4) is 0 Å². The first-order valence-corrected chi connectivity index (χ1v) is 7.43. The van der Waals surface area contributed by atoms with Crippen molar-refractivity contribution < 1.29 is 9.18 Å². The zero-order chi connectivity index (χ0) is 14.5. The van der Waals surface area contributed by atoms with Crippen molar-refractivity contribution in [2.75, 3.05) is 18.4 Å². The standard InChI is InChI=1S/C15H20ClFN2O/c1-11-4-2-3-8-19(11)9-7-15(20)18-14-6-5-12(16)10-13(14)17/h5-6,10-11H,2-4,7-9H2,1H3,(H,18,20). The first-order valence-electron chi connectivity index (χ1n) is 7.05. The number of nitrogens with zero attached hydrogens (tertiary/aromatic N) is 1. The normalized spacial score (nSPS) is 19.9. The molecule has 1 fully saturated rings. The molecule has 1 aliphatic rings. The molecule has 20 heavy (non-hydrogen) atoms. The maximum absolute atomic E-state index is 13.6. The number of benzene rings is 1. The van der Waals surface area contributed by atoms with Crippen LogP contribution in [0.2, 0.25) is 5.02 Å². The summed E-state index contributed by atoms with van der Waals surface area (Å²) in [5.41, 5.74) is 0.186. The second kappa shape index (κ2) is 7.04. The van der Waals surface area contributed by atoms with Gasteiger partial charge in [0.25, 0.3) is 0 Å². The van der Waals surface area contributed by atoms with E-state index in [1.165, 1.54) is 31.4 Å². The van der Waals surface area contributed by atoms with Crippen molar-refractivity contribution in [2.45, 2.75) is 38.6 Å². The molecule has 3 nitrogen and oxygen atoms in total. The zero-order valence-corrected chi connectivity index (χ0v) is 12.4. The van der Waals surface area contributed by atoms with E-state index in [0.717, 1.165) is 13.1 Å². The average Bonchev–Trinajstić information content (AvgIpc) is 2.41. The van der Waals surface area contributed by atoms with E-state index in [4.69, 9.17) is 11.6 Å². The Bertz CT molecular complexity index is 481. The van der Waals surface area contributed by atoms with Gasteiger partial charge in [-0.05, 0) is 44.5 Å². The van der Waals surface area contributed by atoms with Crippen LogP contribution in [0.5, 0.6) is 0 Å². The fourth-order valence-electron chi connectivity index (χ4n) is 2.54. The highest BCUT2D eigenvalue weighted by Gasteiger charge is 2.18. The second-order valence-corrected chi connectivity index (χ2v) is 5.74. The highest BCUT2D eigenvalue weighted by atomic mass is 35.5. The van der Waals surface area contributed by atoms with Crippen molar-refractivity contribution in [3.05, 3.63) is 29.0 Å². The van der Waals surface area contributed by atoms with E-state index in [1.54, 1.807) is 6.07 Å². The third-order valence-electron chi connectivity index (χ3n) is 3.77. The first-order chi connectivity index (χ1) is 9.56. The van der Waals surface area contributed by atoms with E-state index in [2.05, 4.69) is 17.1 Å². The van der Waals surface area contributed by atoms with Crippen molar-refractivity contribution in [1.82, 2.24) is 4.90 Å². The molecule has 5 heteroatoms. The maximum atomic E-state index is 13.6. The van der Waals surface area contributed by atoms with Gasteiger partial charge < -0.3 is 10.2 Å². The summed E-state index contributed by atoms with van der Waals surface area (Å²) in [6.45, 7) is 3.96. The van der Waals surface area contributed by atoms with Crippen molar-refractivity contribution >= 4 is 23.2 Å². The molecular formula is C15H20ClFN2O. The molecule has 1 heterocycles. The summed E-state index contributed by atoms with van der Waals surface area (Å²) >= 11 is 5.67. The Morgan fingerprint density at radius 3 is 3.00 bits per heavy atom. The molecule has 0 bridgehead atoms. The topological polar surface area (TPSA) is 32.3 Å². The number of carbonyl (C=O) groups excluding carboxylic acids is 1. The highest BCUT2D eigenvalue weighted by Crippen LogP contribution is 2.20. The van der Waals surface area contributed by atoms with Crippen LogP contribution in [0.25, 0.3) is 0 Å². The highest BCUT2D eigenvalue weighted by molar-refractivity contribution is 6.30. The molecule has 1 unspecified atom stereocenters. The Morgan fingerprint density at radius 2 is 2.30 bits per heavy atom. The Morgan fingerprint density at radius 1 is 1.50 bits per heavy atom. The minimum Gasteiger partial charge on any atom is -0.324 e. The number of piperidine rings is 1. The Balaban J connectivity index is 1.83. The van der Waals surface area contributed by atoms with Crippen LogP contribution >= 0.6 is 11.6 Å². The first kappa shape index (κ1) is 15.3. The molecule has 0 spiro atoms. The van der Waals surface area contributed by atoms with Gasteiger partial charge in [0.15, 0.2) is 0 Å². The molecule has 1 aromatic rings. The molecule has 2 rings (SSSR count). The van der Waals surface area contributed by atoms with E-state index in [-0.39, 0.29) is 11.6 Å². The molecule has 1 aromatic carbocycles. The number of halogens is 2. The number of likely N-dealkylation sites (tertiary alicyclic amines) is 1. The number of anilines is 1. The number of nitrogens with one attached hydrogen (secondary N) is 1.